The maximum absolute atomic E-state index is 13.2. The van der Waals surface area contributed by atoms with Gasteiger partial charge >= 0.3 is 0 Å². The van der Waals surface area contributed by atoms with Gasteiger partial charge in [-0.1, -0.05) is 29.8 Å². The molecule has 0 aliphatic carbocycles. The molecule has 1 N–H and O–H groups in total. The minimum Gasteiger partial charge on any atom is -0.497 e. The summed E-state index contributed by atoms with van der Waals surface area (Å²) in [5.41, 5.74) is 4.20. The van der Waals surface area contributed by atoms with Gasteiger partial charge in [0.05, 0.1) is 29.6 Å². The second kappa shape index (κ2) is 7.89. The van der Waals surface area contributed by atoms with Gasteiger partial charge in [0, 0.05) is 17.1 Å². The van der Waals surface area contributed by atoms with E-state index in [-0.39, 0.29) is 11.1 Å². The highest BCUT2D eigenvalue weighted by Crippen LogP contribution is 2.31. The molecule has 4 rings (SSSR count). The first-order valence-corrected chi connectivity index (χ1v) is 9.42. The average Bonchev–Trinajstić information content (AvgIpc) is 2.75. The van der Waals surface area contributed by atoms with Crippen molar-refractivity contribution in [2.45, 2.75) is 6.92 Å². The number of hydrogen-bond acceptors (Lipinski definition) is 4. The third-order valence-corrected chi connectivity index (χ3v) is 5.03. The zero-order valence-electron chi connectivity index (χ0n) is 15.9. The van der Waals surface area contributed by atoms with Gasteiger partial charge in [-0.05, 0) is 55.0 Å². The molecule has 0 radical (unpaired) electrons. The van der Waals surface area contributed by atoms with E-state index in [2.05, 4.69) is 10.3 Å². The summed E-state index contributed by atoms with van der Waals surface area (Å²) in [7, 11) is 1.63. The molecule has 0 bridgehead atoms. The minimum atomic E-state index is -0.259. The highest BCUT2D eigenvalue weighted by atomic mass is 35.5. The molecule has 0 saturated carbocycles. The Labute approximate surface area is 173 Å². The molecular weight excluding hydrogens is 386 g/mol. The van der Waals surface area contributed by atoms with E-state index in [0.29, 0.717) is 11.3 Å². The average molecular weight is 404 g/mol. The molecule has 0 fully saturated rings. The van der Waals surface area contributed by atoms with Crippen LogP contribution in [0.5, 0.6) is 5.75 Å². The Morgan fingerprint density at radius 3 is 2.52 bits per heavy atom. The molecule has 144 valence electrons. The van der Waals surface area contributed by atoms with E-state index in [0.717, 1.165) is 33.5 Å². The van der Waals surface area contributed by atoms with Gasteiger partial charge in [-0.25, -0.2) is 9.97 Å². The predicted molar refractivity (Wildman–Crippen MR) is 116 cm³/mol. The van der Waals surface area contributed by atoms with Crippen molar-refractivity contribution in [1.29, 1.82) is 0 Å². The fourth-order valence-corrected chi connectivity index (χ4v) is 3.46. The zero-order chi connectivity index (χ0) is 20.4. The number of halogens is 1. The summed E-state index contributed by atoms with van der Waals surface area (Å²) >= 11 is 6.12. The predicted octanol–water partition coefficient (Wildman–Crippen LogP) is 5.52. The van der Waals surface area contributed by atoms with Gasteiger partial charge < -0.3 is 10.1 Å². The van der Waals surface area contributed by atoms with Crippen LogP contribution in [0, 0.1) is 6.92 Å². The van der Waals surface area contributed by atoms with Crippen LogP contribution >= 0.6 is 11.6 Å². The molecule has 29 heavy (non-hydrogen) atoms. The number of rotatable bonds is 4. The van der Waals surface area contributed by atoms with Crippen molar-refractivity contribution >= 4 is 34.1 Å². The van der Waals surface area contributed by atoms with Crippen LogP contribution in [0.2, 0.25) is 5.15 Å². The van der Waals surface area contributed by atoms with Crippen LogP contribution in [0.4, 0.5) is 5.69 Å². The van der Waals surface area contributed by atoms with Crippen molar-refractivity contribution in [1.82, 2.24) is 9.97 Å². The topological polar surface area (TPSA) is 64.1 Å². The van der Waals surface area contributed by atoms with E-state index >= 15 is 0 Å². The number of para-hydroxylation sites is 1. The highest BCUT2D eigenvalue weighted by molar-refractivity contribution is 6.32. The summed E-state index contributed by atoms with van der Waals surface area (Å²) in [6.07, 6.45) is 1.58. The number of carbonyl (C=O) groups excluding carboxylic acids is 1. The molecule has 5 nitrogen and oxygen atoms in total. The van der Waals surface area contributed by atoms with Gasteiger partial charge in [-0.2, -0.15) is 0 Å². The van der Waals surface area contributed by atoms with Crippen LogP contribution in [0.25, 0.3) is 22.2 Å². The first kappa shape index (κ1) is 18.9. The standard InChI is InChI=1S/C23H18ClN3O2/c1-14-20(23(28)27-19-8-5-13-25-22(19)24)17-6-3-4-7-18(17)26-21(14)15-9-11-16(29-2)12-10-15/h3-13H,1-2H3,(H,27,28). The summed E-state index contributed by atoms with van der Waals surface area (Å²) in [5.74, 6) is 0.502. The van der Waals surface area contributed by atoms with E-state index in [4.69, 9.17) is 21.3 Å². The summed E-state index contributed by atoms with van der Waals surface area (Å²) in [6, 6.07) is 18.7. The number of aromatic nitrogens is 2. The van der Waals surface area contributed by atoms with Crippen LogP contribution in [-0.2, 0) is 0 Å². The van der Waals surface area contributed by atoms with Gasteiger partial charge in [0.2, 0.25) is 0 Å². The van der Waals surface area contributed by atoms with Crippen molar-refractivity contribution in [3.05, 3.63) is 83.1 Å². The van der Waals surface area contributed by atoms with Crippen molar-refractivity contribution in [2.24, 2.45) is 0 Å². The number of carbonyl (C=O) groups is 1. The number of anilines is 1. The van der Waals surface area contributed by atoms with Crippen LogP contribution < -0.4 is 10.1 Å². The van der Waals surface area contributed by atoms with Crippen LogP contribution in [0.15, 0.2) is 66.9 Å². The summed E-state index contributed by atoms with van der Waals surface area (Å²) in [4.78, 5) is 22.1. The Bertz CT molecular complexity index is 1210. The van der Waals surface area contributed by atoms with Crippen molar-refractivity contribution < 1.29 is 9.53 Å². The Balaban J connectivity index is 1.86. The third kappa shape index (κ3) is 3.65. The molecule has 0 unspecified atom stereocenters. The Kier molecular flexibility index (Phi) is 5.14. The first-order valence-electron chi connectivity index (χ1n) is 9.04. The van der Waals surface area contributed by atoms with Gasteiger partial charge in [-0.3, -0.25) is 4.79 Å². The monoisotopic (exact) mass is 403 g/mol. The molecule has 0 saturated heterocycles. The van der Waals surface area contributed by atoms with E-state index in [9.17, 15) is 4.79 Å². The molecule has 0 atom stereocenters. The fourth-order valence-electron chi connectivity index (χ4n) is 3.29. The normalized spacial score (nSPS) is 10.7. The molecular formula is C23H18ClN3O2. The number of methoxy groups -OCH3 is 1. The number of nitrogens with one attached hydrogen (secondary N) is 1. The quantitative estimate of drug-likeness (QED) is 0.456. The maximum atomic E-state index is 13.2. The van der Waals surface area contributed by atoms with Crippen LogP contribution in [-0.4, -0.2) is 23.0 Å². The number of hydrogen-bond donors (Lipinski definition) is 1. The van der Waals surface area contributed by atoms with E-state index in [1.807, 2.05) is 55.5 Å². The Morgan fingerprint density at radius 2 is 1.79 bits per heavy atom. The highest BCUT2D eigenvalue weighted by Gasteiger charge is 2.19. The molecule has 0 spiro atoms. The van der Waals surface area contributed by atoms with E-state index < -0.39 is 0 Å². The number of nitrogens with zero attached hydrogens (tertiary/aromatic N) is 2. The first-order chi connectivity index (χ1) is 14.1. The zero-order valence-corrected chi connectivity index (χ0v) is 16.7. The number of ether oxygens (including phenoxy) is 1. The minimum absolute atomic E-state index is 0.243. The van der Waals surface area contributed by atoms with E-state index in [1.54, 1.807) is 25.4 Å². The summed E-state index contributed by atoms with van der Waals surface area (Å²) in [6.45, 7) is 1.90. The fraction of sp³-hybridized carbons (Fsp3) is 0.0870. The lowest BCUT2D eigenvalue weighted by Gasteiger charge is -2.15. The smallest absolute Gasteiger partial charge is 0.256 e. The SMILES string of the molecule is COc1ccc(-c2nc3ccccc3c(C(=O)Nc3cccnc3Cl)c2C)cc1. The maximum Gasteiger partial charge on any atom is 0.256 e. The van der Waals surface area contributed by atoms with Gasteiger partial charge in [-0.15, -0.1) is 0 Å². The van der Waals surface area contributed by atoms with Crippen molar-refractivity contribution in [3.8, 4) is 17.0 Å². The third-order valence-electron chi connectivity index (χ3n) is 4.73. The number of fused-ring (bicyclic) bond motifs is 1. The molecule has 0 aliphatic rings. The lowest BCUT2D eigenvalue weighted by Crippen LogP contribution is -2.15. The Hall–Kier alpha value is -3.44. The summed E-state index contributed by atoms with van der Waals surface area (Å²) in [5, 5.41) is 3.90. The Morgan fingerprint density at radius 1 is 1.03 bits per heavy atom. The van der Waals surface area contributed by atoms with Gasteiger partial charge in [0.1, 0.15) is 5.75 Å². The second-order valence-electron chi connectivity index (χ2n) is 6.50. The number of benzene rings is 2. The number of amides is 1. The van der Waals surface area contributed by atoms with Gasteiger partial charge in [0.25, 0.3) is 5.91 Å². The molecule has 2 heterocycles. The van der Waals surface area contributed by atoms with Gasteiger partial charge in [0.15, 0.2) is 5.15 Å². The molecule has 4 aromatic rings. The second-order valence-corrected chi connectivity index (χ2v) is 6.86. The molecule has 2 aromatic heterocycles. The molecule has 2 aromatic carbocycles. The van der Waals surface area contributed by atoms with Crippen LogP contribution in [0.3, 0.4) is 0 Å². The van der Waals surface area contributed by atoms with Crippen molar-refractivity contribution in [3.63, 3.8) is 0 Å². The largest absolute Gasteiger partial charge is 0.497 e. The number of pyridine rings is 2. The molecule has 0 aliphatic heterocycles. The van der Waals surface area contributed by atoms with Crippen molar-refractivity contribution in [2.75, 3.05) is 12.4 Å². The lowest BCUT2D eigenvalue weighted by molar-refractivity contribution is 0.102. The molecule has 1 amide bonds. The summed E-state index contributed by atoms with van der Waals surface area (Å²) < 4.78 is 5.24. The van der Waals surface area contributed by atoms with E-state index in [1.165, 1.54) is 0 Å². The lowest BCUT2D eigenvalue weighted by atomic mass is 9.97. The van der Waals surface area contributed by atoms with Crippen LogP contribution in [0.1, 0.15) is 15.9 Å². The molecule has 6 heteroatoms.